The van der Waals surface area contributed by atoms with Crippen molar-refractivity contribution in [3.05, 3.63) is 65.0 Å². The van der Waals surface area contributed by atoms with Crippen molar-refractivity contribution in [3.63, 3.8) is 0 Å². The third-order valence-corrected chi connectivity index (χ3v) is 7.48. The Bertz CT molecular complexity index is 1520. The second-order valence-corrected chi connectivity index (χ2v) is 11.0. The molecule has 242 valence electrons. The van der Waals surface area contributed by atoms with Crippen LogP contribution in [0.3, 0.4) is 0 Å². The Morgan fingerprint density at radius 1 is 1.13 bits per heavy atom. The molecule has 12 nitrogen and oxygen atoms in total. The fourth-order valence-corrected chi connectivity index (χ4v) is 4.80. The van der Waals surface area contributed by atoms with Crippen molar-refractivity contribution in [2.45, 2.75) is 46.0 Å². The van der Waals surface area contributed by atoms with Gasteiger partial charge in [0.25, 0.3) is 5.91 Å². The number of aliphatic hydroxyl groups is 1. The number of hydrogen-bond acceptors (Lipinski definition) is 7. The summed E-state index contributed by atoms with van der Waals surface area (Å²) in [6, 6.07) is 6.70. The largest absolute Gasteiger partial charge is 0.485 e. The minimum absolute atomic E-state index is 0.0382. The molecule has 4 rings (SSSR count). The molecule has 2 heterocycles. The number of aromatic nitrogens is 1. The normalized spacial score (nSPS) is 17.4. The molecule has 3 aromatic rings. The molecule has 5 amide bonds. The standard InChI is InChI=1S/C30H35F3N6O6/c1-16-13-39(17(2)15-40)27(41)22-7-6-8-23(35-28(42)34-21-11-9-20(10-12-21)30(31,32)33)26(22)44-24(16)14-38(5)29(43)36-25-18(3)37-45-19(25)4/h6-12,16-17,24,40H,13-15H2,1-5H3,(H,36,43)(H2,34,35,42)/t16-,17+,24-/m0/s1. The van der Waals surface area contributed by atoms with Crippen LogP contribution in [-0.4, -0.2) is 76.9 Å². The molecule has 0 fully saturated rings. The second-order valence-electron chi connectivity index (χ2n) is 11.0. The van der Waals surface area contributed by atoms with Crippen molar-refractivity contribution in [2.24, 2.45) is 5.92 Å². The zero-order chi connectivity index (χ0) is 33.1. The van der Waals surface area contributed by atoms with E-state index in [1.807, 2.05) is 6.92 Å². The Morgan fingerprint density at radius 2 is 1.82 bits per heavy atom. The lowest BCUT2D eigenvalue weighted by atomic mass is 9.99. The van der Waals surface area contributed by atoms with Crippen LogP contribution < -0.4 is 20.7 Å². The molecule has 4 N–H and O–H groups in total. The highest BCUT2D eigenvalue weighted by Gasteiger charge is 2.35. The number of carbonyl (C=O) groups is 3. The number of hydrogen-bond donors (Lipinski definition) is 4. The summed E-state index contributed by atoms with van der Waals surface area (Å²) in [7, 11) is 1.57. The van der Waals surface area contributed by atoms with Gasteiger partial charge in [-0.3, -0.25) is 4.79 Å². The Kier molecular flexibility index (Phi) is 9.91. The number of carbonyl (C=O) groups excluding carboxylic acids is 3. The van der Waals surface area contributed by atoms with E-state index < -0.39 is 41.9 Å². The van der Waals surface area contributed by atoms with Crippen molar-refractivity contribution in [1.82, 2.24) is 15.0 Å². The van der Waals surface area contributed by atoms with Crippen LogP contribution in [-0.2, 0) is 6.18 Å². The lowest BCUT2D eigenvalue weighted by molar-refractivity contribution is -0.137. The zero-order valence-electron chi connectivity index (χ0n) is 25.4. The minimum Gasteiger partial charge on any atom is -0.485 e. The first-order valence-corrected chi connectivity index (χ1v) is 14.1. The predicted molar refractivity (Wildman–Crippen MR) is 159 cm³/mol. The summed E-state index contributed by atoms with van der Waals surface area (Å²) in [5.74, 6) is -0.305. The molecule has 15 heteroatoms. The summed E-state index contributed by atoms with van der Waals surface area (Å²) in [6.45, 7) is 6.87. The number of aryl methyl sites for hydroxylation is 2. The number of halogens is 3. The smallest absolute Gasteiger partial charge is 0.416 e. The number of alkyl halides is 3. The van der Waals surface area contributed by atoms with Crippen molar-refractivity contribution < 1.29 is 41.9 Å². The van der Waals surface area contributed by atoms with E-state index in [1.165, 1.54) is 21.9 Å². The molecule has 0 saturated heterocycles. The Hall–Kier alpha value is -4.79. The van der Waals surface area contributed by atoms with Gasteiger partial charge in [-0.05, 0) is 57.2 Å². The number of anilines is 3. The molecule has 0 spiro atoms. The maximum absolute atomic E-state index is 13.7. The molecule has 0 unspecified atom stereocenters. The van der Waals surface area contributed by atoms with Crippen molar-refractivity contribution in [1.29, 1.82) is 0 Å². The van der Waals surface area contributed by atoms with Gasteiger partial charge in [0.1, 0.15) is 17.5 Å². The maximum atomic E-state index is 13.7. The summed E-state index contributed by atoms with van der Waals surface area (Å²) in [5, 5.41) is 21.6. The first-order valence-electron chi connectivity index (χ1n) is 14.1. The first-order chi connectivity index (χ1) is 21.2. The molecule has 2 aromatic carbocycles. The molecule has 0 radical (unpaired) electrons. The van der Waals surface area contributed by atoms with E-state index in [2.05, 4.69) is 21.1 Å². The van der Waals surface area contributed by atoms with Crippen LogP contribution in [0.4, 0.5) is 39.8 Å². The zero-order valence-corrected chi connectivity index (χ0v) is 25.4. The quantitative estimate of drug-likeness (QED) is 0.275. The number of ether oxygens (including phenoxy) is 1. The minimum atomic E-state index is -4.52. The third kappa shape index (κ3) is 7.66. The highest BCUT2D eigenvalue weighted by Crippen LogP contribution is 2.35. The third-order valence-electron chi connectivity index (χ3n) is 7.48. The van der Waals surface area contributed by atoms with Gasteiger partial charge >= 0.3 is 18.2 Å². The van der Waals surface area contributed by atoms with Crippen LogP contribution in [0.1, 0.15) is 41.2 Å². The molecular weight excluding hydrogens is 597 g/mol. The Labute approximate surface area is 257 Å². The summed E-state index contributed by atoms with van der Waals surface area (Å²) in [5.41, 5.74) is 0.430. The summed E-state index contributed by atoms with van der Waals surface area (Å²) in [4.78, 5) is 42.6. The van der Waals surface area contributed by atoms with Gasteiger partial charge in [-0.2, -0.15) is 13.2 Å². The predicted octanol–water partition coefficient (Wildman–Crippen LogP) is 5.34. The monoisotopic (exact) mass is 632 g/mol. The number of nitrogens with one attached hydrogen (secondary N) is 3. The number of amides is 5. The van der Waals surface area contributed by atoms with Crippen LogP contribution in [0.15, 0.2) is 47.0 Å². The molecule has 0 saturated carbocycles. The van der Waals surface area contributed by atoms with E-state index in [9.17, 15) is 32.7 Å². The van der Waals surface area contributed by atoms with Crippen LogP contribution >= 0.6 is 0 Å². The summed E-state index contributed by atoms with van der Waals surface area (Å²) >= 11 is 0. The van der Waals surface area contributed by atoms with E-state index in [1.54, 1.807) is 33.9 Å². The van der Waals surface area contributed by atoms with Gasteiger partial charge in [0.15, 0.2) is 11.5 Å². The highest BCUT2D eigenvalue weighted by atomic mass is 19.4. The van der Waals surface area contributed by atoms with Crippen molar-refractivity contribution in [3.8, 4) is 5.75 Å². The van der Waals surface area contributed by atoms with Gasteiger partial charge in [0.05, 0.1) is 36.0 Å². The van der Waals surface area contributed by atoms with Gasteiger partial charge < -0.3 is 40.1 Å². The molecule has 1 aromatic heterocycles. The lowest BCUT2D eigenvalue weighted by Gasteiger charge is -2.38. The highest BCUT2D eigenvalue weighted by molar-refractivity contribution is 6.04. The molecule has 1 aliphatic heterocycles. The van der Waals surface area contributed by atoms with Crippen molar-refractivity contribution >= 4 is 35.0 Å². The van der Waals surface area contributed by atoms with E-state index in [4.69, 9.17) is 9.26 Å². The number of fused-ring (bicyclic) bond motifs is 1. The summed E-state index contributed by atoms with van der Waals surface area (Å²) in [6.07, 6.45) is -5.21. The first kappa shape index (κ1) is 33.1. The number of benzene rings is 2. The van der Waals surface area contributed by atoms with Gasteiger partial charge in [-0.15, -0.1) is 0 Å². The maximum Gasteiger partial charge on any atom is 0.416 e. The number of para-hydroxylation sites is 1. The molecule has 3 atom stereocenters. The Morgan fingerprint density at radius 3 is 2.42 bits per heavy atom. The van der Waals surface area contributed by atoms with Gasteiger partial charge in [0.2, 0.25) is 0 Å². The van der Waals surface area contributed by atoms with Crippen LogP contribution in [0.25, 0.3) is 0 Å². The SMILES string of the molecule is Cc1noc(C)c1NC(=O)N(C)C[C@@H]1Oc2c(NC(=O)Nc3ccc(C(F)(F)F)cc3)cccc2C(=O)N([C@H](C)CO)C[C@@H]1C. The van der Waals surface area contributed by atoms with Crippen LogP contribution in [0.2, 0.25) is 0 Å². The fourth-order valence-electron chi connectivity index (χ4n) is 4.80. The van der Waals surface area contributed by atoms with Crippen molar-refractivity contribution in [2.75, 3.05) is 42.7 Å². The van der Waals surface area contributed by atoms with E-state index in [-0.39, 0.29) is 48.3 Å². The molecule has 0 bridgehead atoms. The van der Waals surface area contributed by atoms with Crippen LogP contribution in [0.5, 0.6) is 5.75 Å². The van der Waals surface area contributed by atoms with Gasteiger partial charge in [-0.25, -0.2) is 9.59 Å². The number of likely N-dealkylation sites (N-methyl/N-ethyl adjacent to an activating group) is 1. The number of nitrogens with zero attached hydrogens (tertiary/aromatic N) is 3. The van der Waals surface area contributed by atoms with Gasteiger partial charge in [-0.1, -0.05) is 18.1 Å². The van der Waals surface area contributed by atoms with E-state index >= 15 is 0 Å². The number of rotatable bonds is 7. The van der Waals surface area contributed by atoms with E-state index in [0.717, 1.165) is 24.3 Å². The topological polar surface area (TPSA) is 149 Å². The Balaban J connectivity index is 1.61. The molecule has 45 heavy (non-hydrogen) atoms. The van der Waals surface area contributed by atoms with E-state index in [0.29, 0.717) is 17.1 Å². The van der Waals surface area contributed by atoms with Gasteiger partial charge in [0, 0.05) is 25.2 Å². The molecule has 0 aliphatic carbocycles. The number of urea groups is 2. The second kappa shape index (κ2) is 13.5. The lowest BCUT2D eigenvalue weighted by Crippen LogP contribution is -2.50. The van der Waals surface area contributed by atoms with Crippen LogP contribution in [0, 0.1) is 19.8 Å². The molecular formula is C30H35F3N6O6. The average Bonchev–Trinajstić information content (AvgIpc) is 3.30. The molecule has 1 aliphatic rings. The average molecular weight is 633 g/mol. The fraction of sp³-hybridized carbons (Fsp3) is 0.400. The summed E-state index contributed by atoms with van der Waals surface area (Å²) < 4.78 is 50.3. The number of aliphatic hydroxyl groups excluding tert-OH is 1.